The third kappa shape index (κ3) is 3.85. The Morgan fingerprint density at radius 2 is 1.79 bits per heavy atom. The van der Waals surface area contributed by atoms with E-state index in [2.05, 4.69) is 15.3 Å². The Balaban J connectivity index is 1.57. The molecule has 7 heteroatoms. The van der Waals surface area contributed by atoms with Gasteiger partial charge in [-0.1, -0.05) is 60.3 Å². The van der Waals surface area contributed by atoms with Gasteiger partial charge in [-0.15, -0.1) is 11.3 Å². The van der Waals surface area contributed by atoms with Gasteiger partial charge in [-0.3, -0.25) is 9.59 Å². The maximum atomic E-state index is 12.7. The SMILES string of the molecule is C[C@H](Sc1nc2scc(-c3ccccc3)c2c(=O)[nH]1)C(=O)Nc1ccccc1. The zero-order valence-corrected chi connectivity index (χ0v) is 16.6. The first-order valence-corrected chi connectivity index (χ1v) is 10.5. The fourth-order valence-electron chi connectivity index (χ4n) is 2.80. The molecular weight excluding hydrogens is 390 g/mol. The molecule has 0 fully saturated rings. The summed E-state index contributed by atoms with van der Waals surface area (Å²) in [5, 5.41) is 5.43. The molecule has 0 aliphatic rings. The van der Waals surface area contributed by atoms with Crippen molar-refractivity contribution < 1.29 is 4.79 Å². The van der Waals surface area contributed by atoms with Crippen molar-refractivity contribution in [3.05, 3.63) is 76.4 Å². The minimum absolute atomic E-state index is 0.143. The van der Waals surface area contributed by atoms with E-state index in [0.717, 1.165) is 16.8 Å². The number of hydrogen-bond acceptors (Lipinski definition) is 5. The number of rotatable bonds is 5. The van der Waals surface area contributed by atoms with Crippen molar-refractivity contribution >= 4 is 44.9 Å². The predicted molar refractivity (Wildman–Crippen MR) is 116 cm³/mol. The van der Waals surface area contributed by atoms with Gasteiger partial charge in [-0.2, -0.15) is 0 Å². The van der Waals surface area contributed by atoms with Gasteiger partial charge in [0.1, 0.15) is 4.83 Å². The highest BCUT2D eigenvalue weighted by molar-refractivity contribution is 8.00. The molecule has 2 N–H and O–H groups in total. The van der Waals surface area contributed by atoms with E-state index in [4.69, 9.17) is 0 Å². The predicted octanol–water partition coefficient (Wildman–Crippen LogP) is 4.77. The van der Waals surface area contributed by atoms with Gasteiger partial charge in [0.2, 0.25) is 5.91 Å². The van der Waals surface area contributed by atoms with Gasteiger partial charge in [-0.25, -0.2) is 4.98 Å². The number of aromatic amines is 1. The lowest BCUT2D eigenvalue weighted by Gasteiger charge is -2.11. The maximum Gasteiger partial charge on any atom is 0.260 e. The number of anilines is 1. The molecule has 140 valence electrons. The molecule has 1 amide bonds. The van der Waals surface area contributed by atoms with E-state index in [9.17, 15) is 9.59 Å². The van der Waals surface area contributed by atoms with E-state index in [-0.39, 0.29) is 11.5 Å². The van der Waals surface area contributed by atoms with Gasteiger partial charge in [-0.05, 0) is 24.6 Å². The lowest BCUT2D eigenvalue weighted by molar-refractivity contribution is -0.115. The summed E-state index contributed by atoms with van der Waals surface area (Å²) in [6.45, 7) is 1.79. The summed E-state index contributed by atoms with van der Waals surface area (Å²) >= 11 is 2.66. The third-order valence-electron chi connectivity index (χ3n) is 4.21. The number of amides is 1. The van der Waals surface area contributed by atoms with Crippen LogP contribution in [-0.2, 0) is 4.79 Å². The van der Waals surface area contributed by atoms with Gasteiger partial charge >= 0.3 is 0 Å². The lowest BCUT2D eigenvalue weighted by Crippen LogP contribution is -2.23. The van der Waals surface area contributed by atoms with E-state index in [1.165, 1.54) is 23.1 Å². The molecule has 0 aliphatic heterocycles. The number of nitrogens with one attached hydrogen (secondary N) is 2. The number of carbonyl (C=O) groups excluding carboxylic acids is 1. The Morgan fingerprint density at radius 3 is 2.50 bits per heavy atom. The largest absolute Gasteiger partial charge is 0.325 e. The second-order valence-electron chi connectivity index (χ2n) is 6.18. The van der Waals surface area contributed by atoms with Crippen molar-refractivity contribution in [3.8, 4) is 11.1 Å². The van der Waals surface area contributed by atoms with E-state index in [0.29, 0.717) is 15.4 Å². The Bertz CT molecular complexity index is 1170. The average Bonchev–Trinajstić information content (AvgIpc) is 3.14. The number of aromatic nitrogens is 2. The van der Waals surface area contributed by atoms with Crippen LogP contribution in [0.1, 0.15) is 6.92 Å². The van der Waals surface area contributed by atoms with Crippen LogP contribution in [0.25, 0.3) is 21.3 Å². The minimum atomic E-state index is -0.408. The molecule has 1 atom stereocenters. The van der Waals surface area contributed by atoms with Crippen molar-refractivity contribution in [2.24, 2.45) is 0 Å². The molecule has 0 saturated carbocycles. The molecular formula is C21H17N3O2S2. The monoisotopic (exact) mass is 407 g/mol. The third-order valence-corrected chi connectivity index (χ3v) is 6.06. The normalized spacial score (nSPS) is 12.0. The van der Waals surface area contributed by atoms with Crippen LogP contribution >= 0.6 is 23.1 Å². The van der Waals surface area contributed by atoms with Gasteiger partial charge in [0.25, 0.3) is 5.56 Å². The van der Waals surface area contributed by atoms with Gasteiger partial charge in [0, 0.05) is 16.6 Å². The highest BCUT2D eigenvalue weighted by atomic mass is 32.2. The van der Waals surface area contributed by atoms with Gasteiger partial charge in [0.05, 0.1) is 10.6 Å². The highest BCUT2D eigenvalue weighted by Gasteiger charge is 2.18. The molecule has 0 spiro atoms. The molecule has 2 heterocycles. The van der Waals surface area contributed by atoms with Crippen LogP contribution in [0.15, 0.2) is 76.0 Å². The van der Waals surface area contributed by atoms with Crippen LogP contribution in [0.3, 0.4) is 0 Å². The standard InChI is InChI=1S/C21H17N3O2S2/c1-13(18(25)22-15-10-6-3-7-11-15)28-21-23-19(26)17-16(12-27-20(17)24-21)14-8-4-2-5-9-14/h2-13H,1H3,(H,22,25)(H,23,24,26)/t13-/m0/s1. The quantitative estimate of drug-likeness (QED) is 0.369. The topological polar surface area (TPSA) is 74.8 Å². The molecule has 0 bridgehead atoms. The number of carbonyl (C=O) groups is 1. The minimum Gasteiger partial charge on any atom is -0.325 e. The molecule has 4 rings (SSSR count). The maximum absolute atomic E-state index is 12.7. The summed E-state index contributed by atoms with van der Waals surface area (Å²) in [6, 6.07) is 19.0. The number of fused-ring (bicyclic) bond motifs is 1. The first-order valence-electron chi connectivity index (χ1n) is 8.71. The number of H-pyrrole nitrogens is 1. The van der Waals surface area contributed by atoms with E-state index >= 15 is 0 Å². The van der Waals surface area contributed by atoms with Crippen molar-refractivity contribution in [3.63, 3.8) is 0 Å². The van der Waals surface area contributed by atoms with Crippen molar-refractivity contribution in [1.82, 2.24) is 9.97 Å². The smallest absolute Gasteiger partial charge is 0.260 e. The van der Waals surface area contributed by atoms with E-state index in [1.54, 1.807) is 6.92 Å². The number of hydrogen-bond donors (Lipinski definition) is 2. The van der Waals surface area contributed by atoms with Crippen molar-refractivity contribution in [2.75, 3.05) is 5.32 Å². The molecule has 0 unspecified atom stereocenters. The van der Waals surface area contributed by atoms with E-state index in [1.807, 2.05) is 66.0 Å². The Hall–Kier alpha value is -2.90. The van der Waals surface area contributed by atoms with Crippen LogP contribution in [0.5, 0.6) is 0 Å². The Labute approximate surface area is 169 Å². The molecule has 0 radical (unpaired) electrons. The lowest BCUT2D eigenvalue weighted by atomic mass is 10.1. The zero-order valence-electron chi connectivity index (χ0n) is 15.0. The molecule has 0 aliphatic carbocycles. The summed E-state index contributed by atoms with van der Waals surface area (Å²) in [5.74, 6) is -0.143. The summed E-state index contributed by atoms with van der Waals surface area (Å²) in [7, 11) is 0. The van der Waals surface area contributed by atoms with Crippen LogP contribution in [-0.4, -0.2) is 21.1 Å². The second-order valence-corrected chi connectivity index (χ2v) is 8.37. The Kier molecular flexibility index (Phi) is 5.27. The molecule has 4 aromatic rings. The highest BCUT2D eigenvalue weighted by Crippen LogP contribution is 2.31. The van der Waals surface area contributed by atoms with Crippen LogP contribution < -0.4 is 10.9 Å². The first-order chi connectivity index (χ1) is 13.6. The summed E-state index contributed by atoms with van der Waals surface area (Å²) in [6.07, 6.45) is 0. The summed E-state index contributed by atoms with van der Waals surface area (Å²) < 4.78 is 0. The van der Waals surface area contributed by atoms with Crippen LogP contribution in [0.2, 0.25) is 0 Å². The molecule has 2 aromatic carbocycles. The average molecular weight is 408 g/mol. The first kappa shape index (κ1) is 18.5. The summed E-state index contributed by atoms with van der Waals surface area (Å²) in [5.41, 5.74) is 2.41. The number of para-hydroxylation sites is 1. The number of thiophene rings is 1. The molecule has 28 heavy (non-hydrogen) atoms. The van der Waals surface area contributed by atoms with Crippen molar-refractivity contribution in [2.45, 2.75) is 17.3 Å². The van der Waals surface area contributed by atoms with Crippen LogP contribution in [0.4, 0.5) is 5.69 Å². The molecule has 0 saturated heterocycles. The summed E-state index contributed by atoms with van der Waals surface area (Å²) in [4.78, 5) is 33.1. The number of benzene rings is 2. The fourth-order valence-corrected chi connectivity index (χ4v) is 4.60. The van der Waals surface area contributed by atoms with Gasteiger partial charge in [0.15, 0.2) is 5.16 Å². The molecule has 2 aromatic heterocycles. The Morgan fingerprint density at radius 1 is 1.11 bits per heavy atom. The van der Waals surface area contributed by atoms with Gasteiger partial charge < -0.3 is 10.3 Å². The zero-order chi connectivity index (χ0) is 19.5. The number of thioether (sulfide) groups is 1. The molecule has 5 nitrogen and oxygen atoms in total. The van der Waals surface area contributed by atoms with E-state index < -0.39 is 5.25 Å². The second kappa shape index (κ2) is 8.00. The fraction of sp³-hybridized carbons (Fsp3) is 0.0952. The van der Waals surface area contributed by atoms with Crippen LogP contribution in [0, 0.1) is 0 Å². The number of nitrogens with zero attached hydrogens (tertiary/aromatic N) is 1. The van der Waals surface area contributed by atoms with Crippen molar-refractivity contribution in [1.29, 1.82) is 0 Å².